The molecule has 0 bridgehead atoms. The Morgan fingerprint density at radius 2 is 1.42 bits per heavy atom. The molecule has 2 aliphatic heterocycles. The van der Waals surface area contributed by atoms with E-state index in [1.54, 1.807) is 0 Å². The molecule has 2 aliphatic rings. The average molecular weight is 168 g/mol. The minimum absolute atomic E-state index is 0.139. The third-order valence-corrected chi connectivity index (χ3v) is 2.53. The summed E-state index contributed by atoms with van der Waals surface area (Å²) in [4.78, 5) is 22.5. The van der Waals surface area contributed by atoms with Gasteiger partial charge in [0.15, 0.2) is 0 Å². The summed E-state index contributed by atoms with van der Waals surface area (Å²) in [5.41, 5.74) is 0. The lowest BCUT2D eigenvalue weighted by Gasteiger charge is -2.28. The number of piperidine rings is 1. The fourth-order valence-electron chi connectivity index (χ4n) is 1.77. The molecule has 5 heteroatoms. The number of hydrogen-bond acceptors (Lipinski definition) is 2. The van der Waals surface area contributed by atoms with E-state index in [1.165, 1.54) is 0 Å². The summed E-state index contributed by atoms with van der Waals surface area (Å²) in [7, 11) is 0. The Bertz CT molecular complexity index is 246. The Balaban J connectivity index is 2.29. The van der Waals surface area contributed by atoms with Gasteiger partial charge in [0.2, 0.25) is 0 Å². The van der Waals surface area contributed by atoms with E-state index in [0.29, 0.717) is 13.1 Å². The lowest BCUT2D eigenvalue weighted by Crippen LogP contribution is -2.54. The predicted molar refractivity (Wildman–Crippen MR) is 39.5 cm³/mol. The first-order valence-corrected chi connectivity index (χ1v) is 4.14. The third kappa shape index (κ3) is 0.828. The fraction of sp³-hybridized carbons (Fsp3) is 0.714. The Hall–Kier alpha value is -1.10. The zero-order valence-corrected chi connectivity index (χ0v) is 6.69. The molecule has 1 fully saturated rings. The van der Waals surface area contributed by atoms with Crippen molar-refractivity contribution in [2.75, 3.05) is 13.1 Å². The van der Waals surface area contributed by atoms with Crippen molar-refractivity contribution in [1.82, 2.24) is 0 Å². The number of azo groups is 1. The van der Waals surface area contributed by atoms with Gasteiger partial charge in [-0.2, -0.15) is 4.48 Å². The second kappa shape index (κ2) is 2.45. The van der Waals surface area contributed by atoms with Crippen molar-refractivity contribution in [2.45, 2.75) is 19.3 Å². The summed E-state index contributed by atoms with van der Waals surface area (Å²) < 4.78 is -0.139. The standard InChI is InChI=1S/C7H10N3O2/c11-6-8-9-7(12)10(6)4-2-1-3-5-10/h1-5H2/q+1. The van der Waals surface area contributed by atoms with Crippen molar-refractivity contribution >= 4 is 12.1 Å². The number of carbonyl (C=O) groups is 2. The summed E-state index contributed by atoms with van der Waals surface area (Å²) in [6.45, 7) is 1.18. The molecule has 0 saturated carbocycles. The molecule has 5 nitrogen and oxygen atoms in total. The Kier molecular flexibility index (Phi) is 1.54. The highest BCUT2D eigenvalue weighted by atomic mass is 16.2. The number of quaternary nitrogens is 1. The molecule has 0 N–H and O–H groups in total. The van der Waals surface area contributed by atoms with Crippen molar-refractivity contribution in [1.29, 1.82) is 0 Å². The molecule has 12 heavy (non-hydrogen) atoms. The number of amides is 4. The number of carbonyl (C=O) groups excluding carboxylic acids is 2. The molecule has 2 heterocycles. The Morgan fingerprint density at radius 3 is 1.92 bits per heavy atom. The second-order valence-corrected chi connectivity index (χ2v) is 3.24. The first kappa shape index (κ1) is 7.54. The van der Waals surface area contributed by atoms with Crippen LogP contribution in [0.3, 0.4) is 0 Å². The van der Waals surface area contributed by atoms with Gasteiger partial charge in [0.05, 0.1) is 13.1 Å². The minimum Gasteiger partial charge on any atom is -0.202 e. The van der Waals surface area contributed by atoms with Crippen LogP contribution in [-0.2, 0) is 0 Å². The van der Waals surface area contributed by atoms with Gasteiger partial charge in [-0.3, -0.25) is 0 Å². The van der Waals surface area contributed by atoms with E-state index >= 15 is 0 Å². The highest BCUT2D eigenvalue weighted by molar-refractivity contribution is 5.88. The Morgan fingerprint density at radius 1 is 0.917 bits per heavy atom. The predicted octanol–water partition coefficient (Wildman–Crippen LogP) is 1.69. The molecule has 0 atom stereocenters. The maximum atomic E-state index is 11.3. The van der Waals surface area contributed by atoms with Gasteiger partial charge in [-0.15, -0.1) is 0 Å². The highest BCUT2D eigenvalue weighted by Crippen LogP contribution is 2.26. The molecule has 64 valence electrons. The van der Waals surface area contributed by atoms with E-state index in [1.807, 2.05) is 0 Å². The molecular weight excluding hydrogens is 158 g/mol. The van der Waals surface area contributed by atoms with Gasteiger partial charge in [0.1, 0.15) is 0 Å². The lowest BCUT2D eigenvalue weighted by atomic mass is 10.1. The normalized spacial score (nSPS) is 27.0. The van der Waals surface area contributed by atoms with Gasteiger partial charge in [0.25, 0.3) is 0 Å². The van der Waals surface area contributed by atoms with Crippen LogP contribution in [0.1, 0.15) is 19.3 Å². The summed E-state index contributed by atoms with van der Waals surface area (Å²) in [6.07, 6.45) is 2.94. The first-order valence-electron chi connectivity index (χ1n) is 4.14. The molecule has 0 radical (unpaired) electrons. The van der Waals surface area contributed by atoms with Gasteiger partial charge in [-0.25, -0.2) is 9.59 Å². The number of urea groups is 2. The van der Waals surface area contributed by atoms with Crippen LogP contribution in [0.25, 0.3) is 0 Å². The molecule has 0 aliphatic carbocycles. The molecule has 4 amide bonds. The van der Waals surface area contributed by atoms with Gasteiger partial charge >= 0.3 is 12.1 Å². The monoisotopic (exact) mass is 168 g/mol. The first-order chi connectivity index (χ1) is 5.76. The molecule has 2 rings (SSSR count). The minimum atomic E-state index is -0.375. The van der Waals surface area contributed by atoms with Crippen molar-refractivity contribution in [3.63, 3.8) is 0 Å². The van der Waals surface area contributed by atoms with Crippen molar-refractivity contribution in [2.24, 2.45) is 10.2 Å². The van der Waals surface area contributed by atoms with Crippen LogP contribution < -0.4 is 0 Å². The van der Waals surface area contributed by atoms with Crippen LogP contribution in [0.5, 0.6) is 0 Å². The van der Waals surface area contributed by atoms with Crippen molar-refractivity contribution in [3.05, 3.63) is 0 Å². The van der Waals surface area contributed by atoms with Crippen molar-refractivity contribution < 1.29 is 14.1 Å². The summed E-state index contributed by atoms with van der Waals surface area (Å²) >= 11 is 0. The van der Waals surface area contributed by atoms with E-state index in [9.17, 15) is 9.59 Å². The van der Waals surface area contributed by atoms with E-state index in [2.05, 4.69) is 10.2 Å². The smallest absolute Gasteiger partial charge is 0.202 e. The molecule has 0 aromatic carbocycles. The van der Waals surface area contributed by atoms with Crippen LogP contribution in [0, 0.1) is 0 Å². The Labute approximate surface area is 69.7 Å². The molecule has 1 spiro atoms. The highest BCUT2D eigenvalue weighted by Gasteiger charge is 2.50. The molecule has 0 unspecified atom stereocenters. The zero-order valence-electron chi connectivity index (χ0n) is 6.69. The topological polar surface area (TPSA) is 58.9 Å². The van der Waals surface area contributed by atoms with Crippen LogP contribution >= 0.6 is 0 Å². The number of hydrogen-bond donors (Lipinski definition) is 0. The van der Waals surface area contributed by atoms with Gasteiger partial charge in [-0.05, 0) is 29.5 Å². The summed E-state index contributed by atoms with van der Waals surface area (Å²) in [6, 6.07) is -0.751. The van der Waals surface area contributed by atoms with E-state index < -0.39 is 0 Å². The average Bonchev–Trinajstić information content (AvgIpc) is 2.36. The summed E-state index contributed by atoms with van der Waals surface area (Å²) in [5.74, 6) is 0. The lowest BCUT2D eigenvalue weighted by molar-refractivity contribution is -0.768. The quantitative estimate of drug-likeness (QED) is 0.517. The molecule has 1 saturated heterocycles. The third-order valence-electron chi connectivity index (χ3n) is 2.53. The number of rotatable bonds is 0. The van der Waals surface area contributed by atoms with Crippen LogP contribution in [0.2, 0.25) is 0 Å². The second-order valence-electron chi connectivity index (χ2n) is 3.24. The van der Waals surface area contributed by atoms with Crippen molar-refractivity contribution in [3.8, 4) is 0 Å². The van der Waals surface area contributed by atoms with E-state index in [4.69, 9.17) is 0 Å². The largest absolute Gasteiger partial charge is 0.470 e. The SMILES string of the molecule is O=C1N=NC(=O)[N+]12CCCCC2. The number of nitrogens with zero attached hydrogens (tertiary/aromatic N) is 3. The van der Waals surface area contributed by atoms with Crippen LogP contribution in [0.4, 0.5) is 9.59 Å². The number of imide groups is 1. The van der Waals surface area contributed by atoms with E-state index in [-0.39, 0.29) is 16.5 Å². The molecule has 0 aromatic rings. The maximum absolute atomic E-state index is 11.3. The fourth-order valence-corrected chi connectivity index (χ4v) is 1.77. The van der Waals surface area contributed by atoms with E-state index in [0.717, 1.165) is 19.3 Å². The molecule has 0 aromatic heterocycles. The maximum Gasteiger partial charge on any atom is 0.470 e. The van der Waals surface area contributed by atoms with Gasteiger partial charge in [-0.1, -0.05) is 0 Å². The van der Waals surface area contributed by atoms with Crippen LogP contribution in [-0.4, -0.2) is 29.6 Å². The van der Waals surface area contributed by atoms with Gasteiger partial charge < -0.3 is 0 Å². The molecular formula is C7H10N3O2+. The summed E-state index contributed by atoms with van der Waals surface area (Å²) in [5, 5.41) is 6.61. The zero-order chi connectivity index (χ0) is 8.60. The van der Waals surface area contributed by atoms with Crippen LogP contribution in [0.15, 0.2) is 10.2 Å². The van der Waals surface area contributed by atoms with Gasteiger partial charge in [0, 0.05) is 0 Å².